The first-order valence-corrected chi connectivity index (χ1v) is 7.28. The topological polar surface area (TPSA) is 99.9 Å². The fourth-order valence-corrected chi connectivity index (χ4v) is 1.82. The fraction of sp³-hybridized carbons (Fsp3) is 0.625. The van der Waals surface area contributed by atoms with Crippen LogP contribution in [-0.2, 0) is 11.2 Å². The zero-order valence-electron chi connectivity index (χ0n) is 13.8. The third-order valence-electron chi connectivity index (χ3n) is 3.96. The summed E-state index contributed by atoms with van der Waals surface area (Å²) in [6, 6.07) is 1.60. The Bertz CT molecular complexity index is 537. The molecule has 1 atom stereocenters. The number of hydrogen-bond acceptors (Lipinski definition) is 6. The quantitative estimate of drug-likeness (QED) is 0.657. The van der Waals surface area contributed by atoms with Gasteiger partial charge in [0.05, 0.1) is 6.20 Å². The number of aromatic nitrogens is 1. The van der Waals surface area contributed by atoms with Crippen LogP contribution in [0.3, 0.4) is 0 Å². The standard InChI is InChI=1S/C16H25NO5/c1-10(2)15(5,19)16(20,21)22-14-8-13(7-6-11(3)18)12(4)17-9-14/h8-10,19-21H,6-7H2,1-5H3. The van der Waals surface area contributed by atoms with Gasteiger partial charge in [0.1, 0.15) is 11.5 Å². The molecule has 0 radical (unpaired) electrons. The molecule has 0 spiro atoms. The van der Waals surface area contributed by atoms with Crippen molar-refractivity contribution in [3.63, 3.8) is 0 Å². The van der Waals surface area contributed by atoms with E-state index in [1.54, 1.807) is 26.8 Å². The monoisotopic (exact) mass is 311 g/mol. The third kappa shape index (κ3) is 4.25. The van der Waals surface area contributed by atoms with Gasteiger partial charge < -0.3 is 24.9 Å². The lowest BCUT2D eigenvalue weighted by atomic mass is 9.90. The minimum Gasteiger partial charge on any atom is -0.435 e. The number of nitrogens with zero attached hydrogens (tertiary/aromatic N) is 1. The highest BCUT2D eigenvalue weighted by molar-refractivity contribution is 5.75. The van der Waals surface area contributed by atoms with E-state index >= 15 is 0 Å². The molecule has 0 aromatic carbocycles. The zero-order valence-corrected chi connectivity index (χ0v) is 13.8. The SMILES string of the molecule is CC(=O)CCc1cc(OC(O)(O)C(C)(O)C(C)C)cnc1C. The highest BCUT2D eigenvalue weighted by Crippen LogP contribution is 2.30. The number of pyridine rings is 1. The van der Waals surface area contributed by atoms with Crippen LogP contribution in [0.25, 0.3) is 0 Å². The summed E-state index contributed by atoms with van der Waals surface area (Å²) in [5.41, 5.74) is -0.337. The maximum absolute atomic E-state index is 11.1. The summed E-state index contributed by atoms with van der Waals surface area (Å²) in [7, 11) is 0. The molecule has 3 N–H and O–H groups in total. The lowest BCUT2D eigenvalue weighted by Crippen LogP contribution is -2.59. The molecule has 0 bridgehead atoms. The van der Waals surface area contributed by atoms with Crippen molar-refractivity contribution < 1.29 is 24.9 Å². The maximum atomic E-state index is 11.1. The second kappa shape index (κ2) is 6.73. The Morgan fingerprint density at radius 2 is 1.95 bits per heavy atom. The van der Waals surface area contributed by atoms with Gasteiger partial charge in [-0.1, -0.05) is 13.8 Å². The summed E-state index contributed by atoms with van der Waals surface area (Å²) in [6.45, 7) is 7.90. The van der Waals surface area contributed by atoms with E-state index in [-0.39, 0.29) is 11.5 Å². The summed E-state index contributed by atoms with van der Waals surface area (Å²) < 4.78 is 5.14. The smallest absolute Gasteiger partial charge is 0.352 e. The van der Waals surface area contributed by atoms with Crippen molar-refractivity contribution in [3.8, 4) is 5.75 Å². The number of aliphatic hydroxyl groups is 3. The molecule has 0 aliphatic heterocycles. The van der Waals surface area contributed by atoms with Gasteiger partial charge in [-0.25, -0.2) is 0 Å². The lowest BCUT2D eigenvalue weighted by Gasteiger charge is -2.38. The summed E-state index contributed by atoms with van der Waals surface area (Å²) >= 11 is 0. The van der Waals surface area contributed by atoms with Gasteiger partial charge in [0.15, 0.2) is 5.60 Å². The molecule has 0 amide bonds. The number of carbonyl (C=O) groups is 1. The van der Waals surface area contributed by atoms with Crippen molar-refractivity contribution in [2.24, 2.45) is 5.92 Å². The van der Waals surface area contributed by atoms with Crippen LogP contribution in [0.2, 0.25) is 0 Å². The lowest BCUT2D eigenvalue weighted by molar-refractivity contribution is -0.379. The van der Waals surface area contributed by atoms with Crippen molar-refractivity contribution in [1.29, 1.82) is 0 Å². The van der Waals surface area contributed by atoms with E-state index in [0.29, 0.717) is 12.8 Å². The van der Waals surface area contributed by atoms with E-state index in [9.17, 15) is 20.1 Å². The number of ether oxygens (including phenoxy) is 1. The van der Waals surface area contributed by atoms with E-state index in [1.165, 1.54) is 20.0 Å². The Morgan fingerprint density at radius 3 is 2.45 bits per heavy atom. The van der Waals surface area contributed by atoms with Crippen molar-refractivity contribution in [2.75, 3.05) is 0 Å². The minimum absolute atomic E-state index is 0.0622. The van der Waals surface area contributed by atoms with E-state index in [1.807, 2.05) is 0 Å². The summed E-state index contributed by atoms with van der Waals surface area (Å²) in [6.07, 6.45) is 2.22. The van der Waals surface area contributed by atoms with Crippen molar-refractivity contribution >= 4 is 5.78 Å². The normalized spacial score (nSPS) is 14.8. The molecule has 1 heterocycles. The summed E-state index contributed by atoms with van der Waals surface area (Å²) in [5, 5.41) is 30.3. The number of aryl methyl sites for hydroxylation is 2. The molecule has 1 aromatic rings. The number of Topliss-reactive ketones (excluding diaryl/α,β-unsaturated/α-hetero) is 1. The molecule has 0 fully saturated rings. The Kier molecular flexibility index (Phi) is 5.67. The van der Waals surface area contributed by atoms with Crippen LogP contribution in [-0.4, -0.2) is 37.7 Å². The molecule has 6 heteroatoms. The molecule has 22 heavy (non-hydrogen) atoms. The predicted octanol–water partition coefficient (Wildman–Crippen LogP) is 1.34. The van der Waals surface area contributed by atoms with Crippen LogP contribution in [0.1, 0.15) is 45.4 Å². The third-order valence-corrected chi connectivity index (χ3v) is 3.96. The molecule has 0 saturated carbocycles. The Hall–Kier alpha value is -1.50. The predicted molar refractivity (Wildman–Crippen MR) is 81.2 cm³/mol. The zero-order chi connectivity index (χ0) is 17.1. The Labute approximate surface area is 130 Å². The van der Waals surface area contributed by atoms with Gasteiger partial charge in [0, 0.05) is 12.1 Å². The Morgan fingerprint density at radius 1 is 1.36 bits per heavy atom. The first-order chi connectivity index (χ1) is 9.97. The van der Waals surface area contributed by atoms with Crippen molar-refractivity contribution in [1.82, 2.24) is 4.98 Å². The van der Waals surface area contributed by atoms with Gasteiger partial charge in [-0.3, -0.25) is 4.98 Å². The molecule has 1 unspecified atom stereocenters. The van der Waals surface area contributed by atoms with E-state index < -0.39 is 17.5 Å². The molecule has 0 saturated heterocycles. The first-order valence-electron chi connectivity index (χ1n) is 7.28. The fourth-order valence-electron chi connectivity index (χ4n) is 1.82. The number of ketones is 1. The summed E-state index contributed by atoms with van der Waals surface area (Å²) in [5.74, 6) is -3.02. The minimum atomic E-state index is -2.75. The molecule has 6 nitrogen and oxygen atoms in total. The molecule has 0 aliphatic rings. The second-order valence-corrected chi connectivity index (χ2v) is 6.13. The van der Waals surface area contributed by atoms with Gasteiger partial charge in [-0.2, -0.15) is 0 Å². The van der Waals surface area contributed by atoms with Crippen LogP contribution in [0.4, 0.5) is 0 Å². The van der Waals surface area contributed by atoms with Crippen molar-refractivity contribution in [2.45, 2.75) is 59.0 Å². The molecule has 124 valence electrons. The van der Waals surface area contributed by atoms with Crippen LogP contribution in [0, 0.1) is 12.8 Å². The number of carbonyl (C=O) groups excluding carboxylic acids is 1. The maximum Gasteiger partial charge on any atom is 0.352 e. The van der Waals surface area contributed by atoms with Crippen LogP contribution in [0.5, 0.6) is 5.75 Å². The van der Waals surface area contributed by atoms with E-state index in [4.69, 9.17) is 4.74 Å². The van der Waals surface area contributed by atoms with E-state index in [0.717, 1.165) is 11.3 Å². The van der Waals surface area contributed by atoms with E-state index in [2.05, 4.69) is 4.98 Å². The average Bonchev–Trinajstić information content (AvgIpc) is 2.38. The van der Waals surface area contributed by atoms with Crippen LogP contribution < -0.4 is 4.74 Å². The Balaban J connectivity index is 2.98. The van der Waals surface area contributed by atoms with Crippen LogP contribution >= 0.6 is 0 Å². The van der Waals surface area contributed by atoms with Gasteiger partial charge in [0.25, 0.3) is 0 Å². The highest BCUT2D eigenvalue weighted by atomic mass is 16.8. The summed E-state index contributed by atoms with van der Waals surface area (Å²) in [4.78, 5) is 15.2. The first kappa shape index (κ1) is 18.5. The molecular weight excluding hydrogens is 286 g/mol. The second-order valence-electron chi connectivity index (χ2n) is 6.13. The van der Waals surface area contributed by atoms with Gasteiger partial charge in [-0.05, 0) is 44.7 Å². The molecule has 0 aliphatic carbocycles. The average molecular weight is 311 g/mol. The molecule has 1 aromatic heterocycles. The van der Waals surface area contributed by atoms with Crippen LogP contribution in [0.15, 0.2) is 12.3 Å². The molecular formula is C16H25NO5. The number of hydrogen-bond donors (Lipinski definition) is 3. The number of rotatable bonds is 7. The highest BCUT2D eigenvalue weighted by Gasteiger charge is 2.49. The largest absolute Gasteiger partial charge is 0.435 e. The van der Waals surface area contributed by atoms with Gasteiger partial charge >= 0.3 is 5.97 Å². The van der Waals surface area contributed by atoms with Gasteiger partial charge in [-0.15, -0.1) is 0 Å². The van der Waals surface area contributed by atoms with Gasteiger partial charge in [0.2, 0.25) is 0 Å². The molecule has 1 rings (SSSR count). The van der Waals surface area contributed by atoms with Crippen molar-refractivity contribution in [3.05, 3.63) is 23.5 Å².